The van der Waals surface area contributed by atoms with Crippen molar-refractivity contribution in [2.24, 2.45) is 0 Å². The number of anilines is 1. The minimum absolute atomic E-state index is 0.00264. The predicted molar refractivity (Wildman–Crippen MR) is 111 cm³/mol. The predicted octanol–water partition coefficient (Wildman–Crippen LogP) is 0.438. The van der Waals surface area contributed by atoms with Gasteiger partial charge in [0.2, 0.25) is 5.91 Å². The summed E-state index contributed by atoms with van der Waals surface area (Å²) in [5.74, 6) is -0.533. The van der Waals surface area contributed by atoms with Crippen molar-refractivity contribution in [3.05, 3.63) is 28.8 Å². The molecular weight excluding hydrogens is 356 g/mol. The van der Waals surface area contributed by atoms with E-state index in [9.17, 15) is 14.4 Å². The zero-order valence-corrected chi connectivity index (χ0v) is 18.4. The average Bonchev–Trinajstić information content (AvgIpc) is 2.48. The summed E-state index contributed by atoms with van der Waals surface area (Å²) >= 11 is 0. The van der Waals surface area contributed by atoms with Gasteiger partial charge in [-0.3, -0.25) is 14.4 Å². The van der Waals surface area contributed by atoms with Gasteiger partial charge in [0.05, 0.1) is 13.6 Å². The highest BCUT2D eigenvalue weighted by Crippen LogP contribution is 2.21. The van der Waals surface area contributed by atoms with Gasteiger partial charge >= 0.3 is 0 Å². The van der Waals surface area contributed by atoms with Gasteiger partial charge in [-0.1, -0.05) is 17.7 Å². The Balaban J connectivity index is 2.54. The Bertz CT molecular complexity index is 715. The molecule has 28 heavy (non-hydrogen) atoms. The van der Waals surface area contributed by atoms with Crippen LogP contribution in [0.1, 0.15) is 37.5 Å². The Hall–Kier alpha value is -2.41. The van der Waals surface area contributed by atoms with E-state index in [2.05, 4.69) is 10.6 Å². The van der Waals surface area contributed by atoms with Crippen LogP contribution in [-0.2, 0) is 14.4 Å². The van der Waals surface area contributed by atoms with Crippen molar-refractivity contribution >= 4 is 23.4 Å². The Morgan fingerprint density at radius 1 is 1.00 bits per heavy atom. The minimum Gasteiger partial charge on any atom is -0.350 e. The van der Waals surface area contributed by atoms with Gasteiger partial charge in [0.1, 0.15) is 0 Å². The standard InChI is InChI=1S/C21H34N4O3/c1-14-9-15(2)20(16(3)10-14)22-17(26)11-24(7)13-19(28)25(8)12-18(27)23-21(4,5)6/h9-10H,11-13H2,1-8H3,(H,22,26)(H,23,27)/p+1. The van der Waals surface area contributed by atoms with Gasteiger partial charge < -0.3 is 20.4 Å². The zero-order chi connectivity index (χ0) is 21.6. The summed E-state index contributed by atoms with van der Waals surface area (Å²) in [6.07, 6.45) is 0. The Morgan fingerprint density at radius 2 is 1.54 bits per heavy atom. The molecule has 156 valence electrons. The minimum atomic E-state index is -0.340. The fourth-order valence-corrected chi connectivity index (χ4v) is 3.05. The average molecular weight is 392 g/mol. The number of amides is 3. The number of aryl methyl sites for hydroxylation is 3. The molecule has 3 N–H and O–H groups in total. The van der Waals surface area contributed by atoms with E-state index in [1.807, 2.05) is 53.7 Å². The van der Waals surface area contributed by atoms with Crippen LogP contribution in [0.2, 0.25) is 0 Å². The summed E-state index contributed by atoms with van der Waals surface area (Å²) in [7, 11) is 3.38. The van der Waals surface area contributed by atoms with Gasteiger partial charge in [0.25, 0.3) is 11.8 Å². The van der Waals surface area contributed by atoms with Crippen LogP contribution in [0.5, 0.6) is 0 Å². The lowest BCUT2D eigenvalue weighted by molar-refractivity contribution is -0.862. The van der Waals surface area contributed by atoms with E-state index < -0.39 is 0 Å². The SMILES string of the molecule is Cc1cc(C)c(NC(=O)C[NH+](C)CC(=O)N(C)CC(=O)NC(C)(C)C)c(C)c1. The first-order valence-electron chi connectivity index (χ1n) is 9.52. The summed E-state index contributed by atoms with van der Waals surface area (Å²) in [4.78, 5) is 38.8. The number of benzene rings is 1. The molecule has 0 aliphatic carbocycles. The number of hydrogen-bond donors (Lipinski definition) is 3. The highest BCUT2D eigenvalue weighted by molar-refractivity contribution is 5.93. The highest BCUT2D eigenvalue weighted by atomic mass is 16.2. The van der Waals surface area contributed by atoms with Crippen LogP contribution >= 0.6 is 0 Å². The quantitative estimate of drug-likeness (QED) is 0.631. The van der Waals surface area contributed by atoms with Crippen molar-refractivity contribution in [3.8, 4) is 0 Å². The third-order valence-corrected chi connectivity index (χ3v) is 4.18. The molecule has 1 aromatic carbocycles. The Morgan fingerprint density at radius 3 is 2.04 bits per heavy atom. The van der Waals surface area contributed by atoms with Gasteiger partial charge in [-0.25, -0.2) is 0 Å². The van der Waals surface area contributed by atoms with Crippen molar-refractivity contribution in [2.45, 2.75) is 47.1 Å². The molecule has 0 fully saturated rings. The fraction of sp³-hybridized carbons (Fsp3) is 0.571. The summed E-state index contributed by atoms with van der Waals surface area (Å²) in [6.45, 7) is 11.9. The van der Waals surface area contributed by atoms with E-state index in [1.165, 1.54) is 4.90 Å². The van der Waals surface area contributed by atoms with Gasteiger partial charge in [0, 0.05) is 18.3 Å². The second-order valence-electron chi connectivity index (χ2n) is 8.68. The van der Waals surface area contributed by atoms with Crippen LogP contribution in [0.3, 0.4) is 0 Å². The van der Waals surface area contributed by atoms with Crippen LogP contribution in [0.4, 0.5) is 5.69 Å². The summed E-state index contributed by atoms with van der Waals surface area (Å²) in [5, 5.41) is 5.78. The van der Waals surface area contributed by atoms with Gasteiger partial charge in [-0.2, -0.15) is 0 Å². The van der Waals surface area contributed by atoms with Crippen LogP contribution in [0, 0.1) is 20.8 Å². The first kappa shape index (κ1) is 23.6. The first-order valence-corrected chi connectivity index (χ1v) is 9.52. The van der Waals surface area contributed by atoms with Crippen molar-refractivity contribution < 1.29 is 19.3 Å². The molecule has 1 unspecified atom stereocenters. The summed E-state index contributed by atoms with van der Waals surface area (Å²) < 4.78 is 0. The highest BCUT2D eigenvalue weighted by Gasteiger charge is 2.21. The largest absolute Gasteiger partial charge is 0.350 e. The summed E-state index contributed by atoms with van der Waals surface area (Å²) in [5.41, 5.74) is 3.67. The molecule has 0 aliphatic rings. The monoisotopic (exact) mass is 391 g/mol. The number of carbonyl (C=O) groups excluding carboxylic acids is 3. The molecule has 1 rings (SSSR count). The van der Waals surface area contributed by atoms with Crippen LogP contribution < -0.4 is 15.5 Å². The second kappa shape index (κ2) is 9.68. The second-order valence-corrected chi connectivity index (χ2v) is 8.68. The molecule has 0 bridgehead atoms. The molecule has 0 saturated carbocycles. The molecule has 0 heterocycles. The number of nitrogens with zero attached hydrogens (tertiary/aromatic N) is 1. The van der Waals surface area contributed by atoms with Crippen molar-refractivity contribution in [1.82, 2.24) is 10.2 Å². The number of hydrogen-bond acceptors (Lipinski definition) is 3. The van der Waals surface area contributed by atoms with Crippen molar-refractivity contribution in [2.75, 3.05) is 39.0 Å². The van der Waals surface area contributed by atoms with Crippen LogP contribution in [0.25, 0.3) is 0 Å². The molecule has 7 heteroatoms. The third-order valence-electron chi connectivity index (χ3n) is 4.18. The maximum Gasteiger partial charge on any atom is 0.279 e. The maximum absolute atomic E-state index is 12.4. The fourth-order valence-electron chi connectivity index (χ4n) is 3.05. The van der Waals surface area contributed by atoms with Crippen molar-refractivity contribution in [1.29, 1.82) is 0 Å². The van der Waals surface area contributed by atoms with Gasteiger partial charge in [-0.05, 0) is 52.7 Å². The number of carbonyl (C=O) groups is 3. The lowest BCUT2D eigenvalue weighted by Gasteiger charge is -2.24. The molecule has 0 aliphatic heterocycles. The van der Waals surface area contributed by atoms with E-state index >= 15 is 0 Å². The van der Waals surface area contributed by atoms with Crippen molar-refractivity contribution in [3.63, 3.8) is 0 Å². The lowest BCUT2D eigenvalue weighted by atomic mass is 10.1. The zero-order valence-electron chi connectivity index (χ0n) is 18.4. The van der Waals surface area contributed by atoms with E-state index in [1.54, 1.807) is 14.1 Å². The molecule has 1 aromatic rings. The molecule has 3 amide bonds. The van der Waals surface area contributed by atoms with E-state index in [0.717, 1.165) is 27.3 Å². The van der Waals surface area contributed by atoms with E-state index in [0.29, 0.717) is 0 Å². The van der Waals surface area contributed by atoms with E-state index in [4.69, 9.17) is 0 Å². The van der Waals surface area contributed by atoms with Crippen LogP contribution in [-0.4, -0.2) is 61.9 Å². The Kier molecular flexibility index (Phi) is 8.17. The maximum atomic E-state index is 12.4. The topological polar surface area (TPSA) is 83.0 Å². The Labute approximate surface area is 168 Å². The number of likely N-dealkylation sites (N-methyl/N-ethyl adjacent to an activating group) is 2. The normalized spacial score (nSPS) is 12.3. The van der Waals surface area contributed by atoms with Gasteiger partial charge in [-0.15, -0.1) is 0 Å². The molecular formula is C21H35N4O3+. The van der Waals surface area contributed by atoms with E-state index in [-0.39, 0.29) is 42.9 Å². The molecule has 0 radical (unpaired) electrons. The third kappa shape index (κ3) is 8.08. The molecule has 1 atom stereocenters. The lowest BCUT2D eigenvalue weighted by Crippen LogP contribution is -3.11. The van der Waals surface area contributed by atoms with Gasteiger partial charge in [0.15, 0.2) is 13.1 Å². The number of rotatable bonds is 7. The number of nitrogens with one attached hydrogen (secondary N) is 3. The molecule has 0 aromatic heterocycles. The number of quaternary nitrogens is 1. The first-order chi connectivity index (χ1) is 12.8. The molecule has 0 spiro atoms. The summed E-state index contributed by atoms with van der Waals surface area (Å²) in [6, 6.07) is 4.06. The smallest absolute Gasteiger partial charge is 0.279 e. The molecule has 7 nitrogen and oxygen atoms in total. The molecule has 0 saturated heterocycles. The van der Waals surface area contributed by atoms with Crippen LogP contribution in [0.15, 0.2) is 12.1 Å².